The number of nitrogens with zero attached hydrogens (tertiary/aromatic N) is 4. The minimum absolute atomic E-state index is 0.0942. The van der Waals surface area contributed by atoms with Gasteiger partial charge >= 0.3 is 5.97 Å². The number of carbonyl (C=O) groups is 8. The van der Waals surface area contributed by atoms with Gasteiger partial charge in [0.15, 0.2) is 0 Å². The zero-order valence-electron chi connectivity index (χ0n) is 42.3. The fourth-order valence-electron chi connectivity index (χ4n) is 9.78. The third-order valence-electron chi connectivity index (χ3n) is 14.4. The normalized spacial score (nSPS) is 21.0. The first-order chi connectivity index (χ1) is 32.9. The number of imide groups is 1. The summed E-state index contributed by atoms with van der Waals surface area (Å²) in [4.78, 5) is 109. The van der Waals surface area contributed by atoms with Crippen LogP contribution in [0.4, 0.5) is 5.69 Å². The van der Waals surface area contributed by atoms with Crippen LogP contribution in [0.5, 0.6) is 0 Å². The van der Waals surface area contributed by atoms with Crippen molar-refractivity contribution in [2.45, 2.75) is 134 Å². The predicted octanol–water partition coefficient (Wildman–Crippen LogP) is 2.42. The highest BCUT2D eigenvalue weighted by Gasteiger charge is 2.42. The van der Waals surface area contributed by atoms with E-state index >= 15 is 0 Å². The third kappa shape index (κ3) is 15.6. The molecule has 1 aromatic rings. The molecular weight excluding hydrogens is 889 g/mol. The summed E-state index contributed by atoms with van der Waals surface area (Å²) in [6, 6.07) is 5.46. The van der Waals surface area contributed by atoms with E-state index < -0.39 is 35.5 Å². The molecule has 384 valence electrons. The average Bonchev–Trinajstić information content (AvgIpc) is 4.05. The summed E-state index contributed by atoms with van der Waals surface area (Å²) in [6.07, 6.45) is 8.58. The van der Waals surface area contributed by atoms with Crippen LogP contribution in [0.15, 0.2) is 36.4 Å². The van der Waals surface area contributed by atoms with E-state index in [1.165, 1.54) is 19.3 Å². The lowest BCUT2D eigenvalue weighted by molar-refractivity contribution is -0.146. The van der Waals surface area contributed by atoms with Crippen LogP contribution in [-0.2, 0) is 59.0 Å². The molecule has 69 heavy (non-hydrogen) atoms. The number of hydrogen-bond acceptors (Lipinski definition) is 13. The van der Waals surface area contributed by atoms with Gasteiger partial charge in [-0.15, -0.1) is 0 Å². The molecule has 0 aromatic heterocycles. The molecule has 0 bridgehead atoms. The summed E-state index contributed by atoms with van der Waals surface area (Å²) >= 11 is 0. The Morgan fingerprint density at radius 1 is 0.870 bits per heavy atom. The molecular formula is C50H78N8O11. The Balaban J connectivity index is 1.27. The van der Waals surface area contributed by atoms with Crippen LogP contribution >= 0.6 is 0 Å². The molecule has 19 heteroatoms. The summed E-state index contributed by atoms with van der Waals surface area (Å²) in [5.74, 6) is -3.21. The lowest BCUT2D eigenvalue weighted by Gasteiger charge is -2.40. The lowest BCUT2D eigenvalue weighted by Crippen LogP contribution is -2.56. The second-order valence-corrected chi connectivity index (χ2v) is 18.9. The number of anilines is 1. The fourth-order valence-corrected chi connectivity index (χ4v) is 9.78. The van der Waals surface area contributed by atoms with E-state index in [4.69, 9.17) is 14.2 Å². The van der Waals surface area contributed by atoms with E-state index in [0.717, 1.165) is 50.1 Å². The van der Waals surface area contributed by atoms with Crippen LogP contribution in [0.3, 0.4) is 0 Å². The quantitative estimate of drug-likeness (QED) is 0.0539. The van der Waals surface area contributed by atoms with E-state index in [0.29, 0.717) is 50.0 Å². The van der Waals surface area contributed by atoms with Crippen molar-refractivity contribution in [3.05, 3.63) is 42.0 Å². The first-order valence-electron chi connectivity index (χ1n) is 24.5. The first kappa shape index (κ1) is 56.3. The maximum atomic E-state index is 13.9. The summed E-state index contributed by atoms with van der Waals surface area (Å²) < 4.78 is 17.2. The number of nitrogens with one attached hydrogen (secondary N) is 4. The molecule has 1 aromatic carbocycles. The smallest absolute Gasteiger partial charge is 0.328 e. The van der Waals surface area contributed by atoms with Gasteiger partial charge in [-0.1, -0.05) is 45.7 Å². The zero-order valence-corrected chi connectivity index (χ0v) is 42.3. The number of amides is 7. The van der Waals surface area contributed by atoms with Crippen molar-refractivity contribution in [3.8, 4) is 0 Å². The number of rotatable bonds is 28. The first-order valence-corrected chi connectivity index (χ1v) is 24.5. The fraction of sp³-hybridized carbons (Fsp3) is 0.680. The number of esters is 1. The molecule has 3 aliphatic heterocycles. The van der Waals surface area contributed by atoms with Crippen LogP contribution in [-0.4, -0.2) is 177 Å². The van der Waals surface area contributed by atoms with Gasteiger partial charge in [0.2, 0.25) is 29.5 Å². The van der Waals surface area contributed by atoms with Gasteiger partial charge in [-0.25, -0.2) is 4.79 Å². The van der Waals surface area contributed by atoms with E-state index in [1.807, 2.05) is 18.9 Å². The van der Waals surface area contributed by atoms with Gasteiger partial charge in [0.05, 0.1) is 49.9 Å². The van der Waals surface area contributed by atoms with Crippen molar-refractivity contribution in [2.75, 3.05) is 80.0 Å². The number of methoxy groups -OCH3 is 3. The number of carbonyl (C=O) groups excluding carboxylic acids is 8. The molecule has 7 amide bonds. The Hall–Kier alpha value is -5.24. The molecule has 0 saturated carbocycles. The third-order valence-corrected chi connectivity index (χ3v) is 14.4. The van der Waals surface area contributed by atoms with Gasteiger partial charge in [-0.2, -0.15) is 0 Å². The Kier molecular flexibility index (Phi) is 22.2. The number of likely N-dealkylation sites (tertiary alicyclic amines) is 2. The van der Waals surface area contributed by atoms with Crippen molar-refractivity contribution in [1.82, 2.24) is 35.6 Å². The SMILES string of the molecule is CCC(C)C(C(CCN1CCCC1C(OC)C(C)C(=O)NC(Cc1ccc(NC(=O)CNC(=O)CCCCCN2C(=O)C=CC2=O)cc1)C(=O)OC)OC)N(C)C(=O)CNC(=O)C1(C)CCCN1C. The summed E-state index contributed by atoms with van der Waals surface area (Å²) in [6.45, 7) is 10.1. The molecule has 2 saturated heterocycles. The molecule has 8 atom stereocenters. The molecule has 8 unspecified atom stereocenters. The minimum atomic E-state index is -1.000. The second kappa shape index (κ2) is 27.2. The van der Waals surface area contributed by atoms with Crippen LogP contribution in [0, 0.1) is 11.8 Å². The van der Waals surface area contributed by atoms with Gasteiger partial charge < -0.3 is 40.4 Å². The van der Waals surface area contributed by atoms with Gasteiger partial charge in [-0.3, -0.25) is 48.3 Å². The van der Waals surface area contributed by atoms with Crippen molar-refractivity contribution >= 4 is 53.0 Å². The minimum Gasteiger partial charge on any atom is -0.467 e. The highest BCUT2D eigenvalue weighted by Crippen LogP contribution is 2.30. The van der Waals surface area contributed by atoms with Crippen LogP contribution in [0.1, 0.15) is 97.5 Å². The van der Waals surface area contributed by atoms with Crippen LogP contribution in [0.25, 0.3) is 0 Å². The van der Waals surface area contributed by atoms with E-state index in [1.54, 1.807) is 57.4 Å². The molecule has 19 nitrogen and oxygen atoms in total. The van der Waals surface area contributed by atoms with Crippen molar-refractivity contribution < 1.29 is 52.6 Å². The Morgan fingerprint density at radius 3 is 2.17 bits per heavy atom. The molecule has 4 rings (SSSR count). The van der Waals surface area contributed by atoms with Crippen molar-refractivity contribution in [2.24, 2.45) is 11.8 Å². The van der Waals surface area contributed by atoms with Gasteiger partial charge in [0.25, 0.3) is 11.8 Å². The Labute approximate surface area is 408 Å². The Bertz CT molecular complexity index is 1950. The number of benzene rings is 1. The summed E-state index contributed by atoms with van der Waals surface area (Å²) in [5.41, 5.74) is 0.549. The van der Waals surface area contributed by atoms with E-state index in [2.05, 4.69) is 40.0 Å². The highest BCUT2D eigenvalue weighted by molar-refractivity contribution is 6.12. The topological polar surface area (TPSA) is 225 Å². The van der Waals surface area contributed by atoms with Gasteiger partial charge in [-0.05, 0) is 95.6 Å². The largest absolute Gasteiger partial charge is 0.467 e. The molecule has 4 N–H and O–H groups in total. The molecule has 2 fully saturated rings. The van der Waals surface area contributed by atoms with E-state index in [-0.39, 0.29) is 85.5 Å². The van der Waals surface area contributed by atoms with Crippen LogP contribution in [0.2, 0.25) is 0 Å². The number of hydrogen-bond donors (Lipinski definition) is 4. The van der Waals surface area contributed by atoms with Crippen LogP contribution < -0.4 is 21.3 Å². The zero-order chi connectivity index (χ0) is 50.8. The Morgan fingerprint density at radius 2 is 1.57 bits per heavy atom. The predicted molar refractivity (Wildman–Crippen MR) is 259 cm³/mol. The molecule has 3 heterocycles. The standard InChI is InChI=1S/C50H78N8O11/c1-10-33(2)45(56(6)44(63)32-52-49(66)50(4)25-15-26-55(50)5)39(67-7)24-29-57-27-14-16-38(57)46(68-8)34(3)47(64)54-37(48(65)69-9)30-35-18-20-36(21-19-35)53-41(60)31-51-40(59)17-12-11-13-28-58-42(61)22-23-43(58)62/h18-23,33-34,37-39,45-46H,10-17,24-32H2,1-9H3,(H,51,59)(H,52,66)(H,53,60)(H,54,64). The van der Waals surface area contributed by atoms with Crippen molar-refractivity contribution in [1.29, 1.82) is 0 Å². The summed E-state index contributed by atoms with van der Waals surface area (Å²) in [5, 5.41) is 11.1. The molecule has 3 aliphatic rings. The second-order valence-electron chi connectivity index (χ2n) is 18.9. The number of likely N-dealkylation sites (N-methyl/N-ethyl adjacent to an activating group) is 2. The molecule has 0 radical (unpaired) electrons. The monoisotopic (exact) mass is 967 g/mol. The number of ether oxygens (including phenoxy) is 3. The highest BCUT2D eigenvalue weighted by atomic mass is 16.5. The average molecular weight is 967 g/mol. The van der Waals surface area contributed by atoms with Crippen molar-refractivity contribution in [3.63, 3.8) is 0 Å². The lowest BCUT2D eigenvalue weighted by atomic mass is 9.90. The maximum Gasteiger partial charge on any atom is 0.328 e. The van der Waals surface area contributed by atoms with E-state index in [9.17, 15) is 38.4 Å². The van der Waals surface area contributed by atoms with Gasteiger partial charge in [0.1, 0.15) is 6.04 Å². The molecule has 0 aliphatic carbocycles. The maximum absolute atomic E-state index is 13.9. The number of unbranched alkanes of at least 4 members (excludes halogenated alkanes) is 2. The molecule has 0 spiro atoms. The summed E-state index contributed by atoms with van der Waals surface area (Å²) in [7, 11) is 8.23. The van der Waals surface area contributed by atoms with Gasteiger partial charge in [0, 0.05) is 71.1 Å².